The molecular formula is C18H25N3O3. The molecule has 1 aromatic heterocycles. The van der Waals surface area contributed by atoms with Crippen molar-refractivity contribution in [1.29, 1.82) is 0 Å². The minimum absolute atomic E-state index is 0.0686. The average molecular weight is 331 g/mol. The fourth-order valence-electron chi connectivity index (χ4n) is 2.78. The number of carboxylic acids is 1. The van der Waals surface area contributed by atoms with E-state index in [9.17, 15) is 9.90 Å². The maximum absolute atomic E-state index is 11.8. The Hall–Kier alpha value is -2.18. The molecule has 24 heavy (non-hydrogen) atoms. The number of rotatable bonds is 10. The fraction of sp³-hybridized carbons (Fsp3) is 0.444. The first-order valence-electron chi connectivity index (χ1n) is 8.39. The number of aromatic nitrogens is 1. The number of carbonyl (C=O) groups is 1. The number of fused-ring (bicyclic) bond motifs is 1. The van der Waals surface area contributed by atoms with Gasteiger partial charge in [-0.05, 0) is 18.6 Å². The van der Waals surface area contributed by atoms with Gasteiger partial charge in [0.25, 0.3) is 0 Å². The Labute approximate surface area is 142 Å². The fourth-order valence-corrected chi connectivity index (χ4v) is 2.78. The molecule has 0 aliphatic heterocycles. The predicted octanol–water partition coefficient (Wildman–Crippen LogP) is 2.57. The standard InChI is InChI=1S/C18H25N3O3/c1-2-3-4-9-17(18(23)24)21(20-12-13-22)16-10-11-19-15-8-6-5-7-14(15)16/h5-8,10-11,17,20,22H,2-4,9,12-13H2,1H3,(H,23,24). The third-order valence-electron chi connectivity index (χ3n) is 3.96. The number of unbranched alkanes of at least 4 members (excludes halogenated alkanes) is 2. The first kappa shape index (κ1) is 18.2. The summed E-state index contributed by atoms with van der Waals surface area (Å²) in [6.07, 6.45) is 5.09. The van der Waals surface area contributed by atoms with Crippen LogP contribution in [0.3, 0.4) is 0 Å². The highest BCUT2D eigenvalue weighted by molar-refractivity contribution is 5.93. The molecule has 0 fully saturated rings. The Kier molecular flexibility index (Phi) is 6.96. The van der Waals surface area contributed by atoms with Gasteiger partial charge in [0, 0.05) is 18.1 Å². The smallest absolute Gasteiger partial charge is 0.327 e. The molecule has 1 heterocycles. The van der Waals surface area contributed by atoms with E-state index in [1.54, 1.807) is 11.2 Å². The van der Waals surface area contributed by atoms with Crippen molar-refractivity contribution in [1.82, 2.24) is 10.4 Å². The van der Waals surface area contributed by atoms with E-state index in [0.29, 0.717) is 6.42 Å². The van der Waals surface area contributed by atoms with E-state index >= 15 is 0 Å². The van der Waals surface area contributed by atoms with E-state index in [1.165, 1.54) is 0 Å². The first-order chi connectivity index (χ1) is 11.7. The summed E-state index contributed by atoms with van der Waals surface area (Å²) in [5.74, 6) is -0.877. The minimum atomic E-state index is -0.877. The van der Waals surface area contributed by atoms with Crippen LogP contribution in [0.5, 0.6) is 0 Å². The lowest BCUT2D eigenvalue weighted by atomic mass is 10.1. The van der Waals surface area contributed by atoms with Gasteiger partial charge >= 0.3 is 5.97 Å². The summed E-state index contributed by atoms with van der Waals surface area (Å²) in [5.41, 5.74) is 4.63. The van der Waals surface area contributed by atoms with E-state index < -0.39 is 12.0 Å². The molecular weight excluding hydrogens is 306 g/mol. The largest absolute Gasteiger partial charge is 0.480 e. The zero-order valence-electron chi connectivity index (χ0n) is 14.0. The highest BCUT2D eigenvalue weighted by Gasteiger charge is 2.26. The number of hydrogen-bond acceptors (Lipinski definition) is 5. The molecule has 2 aromatic rings. The third kappa shape index (κ3) is 4.43. The molecule has 130 valence electrons. The van der Waals surface area contributed by atoms with Crippen LogP contribution in [-0.2, 0) is 4.79 Å². The third-order valence-corrected chi connectivity index (χ3v) is 3.96. The van der Waals surface area contributed by atoms with Crippen LogP contribution in [-0.4, -0.2) is 40.4 Å². The van der Waals surface area contributed by atoms with Gasteiger partial charge in [-0.15, -0.1) is 0 Å². The number of para-hydroxylation sites is 1. The van der Waals surface area contributed by atoms with Gasteiger partial charge in [0.05, 0.1) is 17.8 Å². The topological polar surface area (TPSA) is 85.7 Å². The molecule has 0 aliphatic rings. The molecule has 1 aromatic carbocycles. The maximum Gasteiger partial charge on any atom is 0.327 e. The molecule has 0 spiro atoms. The summed E-state index contributed by atoms with van der Waals surface area (Å²) in [6.45, 7) is 2.31. The van der Waals surface area contributed by atoms with Crippen LogP contribution in [0.15, 0.2) is 36.5 Å². The van der Waals surface area contributed by atoms with Crippen molar-refractivity contribution in [2.45, 2.75) is 38.6 Å². The SMILES string of the molecule is CCCCCC(C(=O)O)N(NCCO)c1ccnc2ccccc12. The van der Waals surface area contributed by atoms with Crippen LogP contribution >= 0.6 is 0 Å². The molecule has 0 amide bonds. The first-order valence-corrected chi connectivity index (χ1v) is 8.39. The lowest BCUT2D eigenvalue weighted by Gasteiger charge is -2.32. The second kappa shape index (κ2) is 9.20. The Morgan fingerprint density at radius 3 is 2.79 bits per heavy atom. The van der Waals surface area contributed by atoms with Crippen LogP contribution in [0, 0.1) is 0 Å². The number of nitrogens with zero attached hydrogens (tertiary/aromatic N) is 2. The molecule has 6 nitrogen and oxygen atoms in total. The second-order valence-corrected chi connectivity index (χ2v) is 5.70. The number of aliphatic hydroxyl groups excluding tert-OH is 1. The van der Waals surface area contributed by atoms with Crippen molar-refractivity contribution < 1.29 is 15.0 Å². The number of carboxylic acid groups (broad SMARTS) is 1. The Morgan fingerprint density at radius 2 is 2.08 bits per heavy atom. The van der Waals surface area contributed by atoms with Gasteiger partial charge in [0.15, 0.2) is 0 Å². The zero-order chi connectivity index (χ0) is 17.4. The summed E-state index contributed by atoms with van der Waals surface area (Å²) in [6, 6.07) is 8.74. The number of aliphatic carboxylic acids is 1. The number of nitrogens with one attached hydrogen (secondary N) is 1. The Morgan fingerprint density at radius 1 is 1.29 bits per heavy atom. The summed E-state index contributed by atoms with van der Waals surface area (Å²) in [4.78, 5) is 16.2. The zero-order valence-corrected chi connectivity index (χ0v) is 14.0. The molecule has 1 atom stereocenters. The van der Waals surface area contributed by atoms with Crippen LogP contribution < -0.4 is 10.4 Å². The number of pyridine rings is 1. The number of anilines is 1. The molecule has 0 bridgehead atoms. The monoisotopic (exact) mass is 331 g/mol. The van der Waals surface area contributed by atoms with Crippen molar-refractivity contribution in [2.75, 3.05) is 18.2 Å². The van der Waals surface area contributed by atoms with Gasteiger partial charge in [0.1, 0.15) is 6.04 Å². The summed E-state index contributed by atoms with van der Waals surface area (Å²) >= 11 is 0. The van der Waals surface area contributed by atoms with Gasteiger partial charge < -0.3 is 10.2 Å². The lowest BCUT2D eigenvalue weighted by molar-refractivity contribution is -0.139. The molecule has 2 rings (SSSR count). The maximum atomic E-state index is 11.8. The van der Waals surface area contributed by atoms with E-state index in [1.807, 2.05) is 30.3 Å². The molecule has 0 saturated heterocycles. The number of hydrogen-bond donors (Lipinski definition) is 3. The summed E-state index contributed by atoms with van der Waals surface area (Å²) in [5, 5.41) is 21.4. The second-order valence-electron chi connectivity index (χ2n) is 5.70. The molecule has 3 N–H and O–H groups in total. The molecule has 0 radical (unpaired) electrons. The quantitative estimate of drug-likeness (QED) is 0.458. The van der Waals surface area contributed by atoms with Gasteiger partial charge in [-0.25, -0.2) is 10.2 Å². The van der Waals surface area contributed by atoms with Crippen LogP contribution in [0.25, 0.3) is 10.9 Å². The summed E-state index contributed by atoms with van der Waals surface area (Å²) in [7, 11) is 0. The van der Waals surface area contributed by atoms with Gasteiger partial charge in [-0.1, -0.05) is 44.4 Å². The number of hydrazine groups is 1. The predicted molar refractivity (Wildman–Crippen MR) is 94.9 cm³/mol. The number of aliphatic hydroxyl groups is 1. The molecule has 1 unspecified atom stereocenters. The lowest BCUT2D eigenvalue weighted by Crippen LogP contribution is -2.51. The molecule has 0 saturated carbocycles. The van der Waals surface area contributed by atoms with Crippen molar-refractivity contribution in [3.8, 4) is 0 Å². The van der Waals surface area contributed by atoms with Gasteiger partial charge in [-0.2, -0.15) is 0 Å². The Bertz CT molecular complexity index is 658. The van der Waals surface area contributed by atoms with Gasteiger partial charge in [-0.3, -0.25) is 9.99 Å². The molecule has 6 heteroatoms. The Balaban J connectivity index is 2.39. The number of benzene rings is 1. The van der Waals surface area contributed by atoms with Crippen LogP contribution in [0.2, 0.25) is 0 Å². The van der Waals surface area contributed by atoms with E-state index in [2.05, 4.69) is 17.3 Å². The van der Waals surface area contributed by atoms with Crippen molar-refractivity contribution in [2.24, 2.45) is 0 Å². The normalized spacial score (nSPS) is 12.2. The molecule has 0 aliphatic carbocycles. The minimum Gasteiger partial charge on any atom is -0.480 e. The highest BCUT2D eigenvalue weighted by Crippen LogP contribution is 2.27. The summed E-state index contributed by atoms with van der Waals surface area (Å²) < 4.78 is 0. The average Bonchev–Trinajstić information content (AvgIpc) is 2.60. The van der Waals surface area contributed by atoms with Gasteiger partial charge in [0.2, 0.25) is 0 Å². The van der Waals surface area contributed by atoms with Crippen molar-refractivity contribution in [3.05, 3.63) is 36.5 Å². The van der Waals surface area contributed by atoms with E-state index in [4.69, 9.17) is 5.11 Å². The van der Waals surface area contributed by atoms with Crippen LogP contribution in [0.4, 0.5) is 5.69 Å². The van der Waals surface area contributed by atoms with E-state index in [-0.39, 0.29) is 13.2 Å². The van der Waals surface area contributed by atoms with Crippen molar-refractivity contribution in [3.63, 3.8) is 0 Å². The van der Waals surface area contributed by atoms with E-state index in [0.717, 1.165) is 35.9 Å². The van der Waals surface area contributed by atoms with Crippen LogP contribution in [0.1, 0.15) is 32.6 Å². The van der Waals surface area contributed by atoms with Crippen molar-refractivity contribution >= 4 is 22.6 Å². The highest BCUT2D eigenvalue weighted by atomic mass is 16.4.